The molecule has 2 aromatic heterocycles. The number of nitrogens with zero attached hydrogens (tertiary/aromatic N) is 3. The number of aliphatic hydroxyl groups is 1. The van der Waals surface area contributed by atoms with Crippen molar-refractivity contribution in [3.05, 3.63) is 107 Å². The van der Waals surface area contributed by atoms with Crippen LogP contribution < -0.4 is 10.2 Å². The fourth-order valence-corrected chi connectivity index (χ4v) is 4.49. The van der Waals surface area contributed by atoms with Crippen molar-refractivity contribution in [2.24, 2.45) is 0 Å². The first-order chi connectivity index (χ1) is 17.0. The number of aliphatic hydroxyl groups excluding tert-OH is 1. The third-order valence-electron chi connectivity index (χ3n) is 6.18. The predicted octanol–water partition coefficient (Wildman–Crippen LogP) is 4.33. The van der Waals surface area contributed by atoms with Gasteiger partial charge in [-0.25, -0.2) is 23.1 Å². The number of hydrogen-bond donors (Lipinski definition) is 3. The first-order valence-corrected chi connectivity index (χ1v) is 11.4. The van der Waals surface area contributed by atoms with Gasteiger partial charge in [0.15, 0.2) is 17.5 Å². The Hall–Kier alpha value is -3.69. The van der Waals surface area contributed by atoms with Gasteiger partial charge in [0.2, 0.25) is 0 Å². The highest BCUT2D eigenvalue weighted by Crippen LogP contribution is 2.37. The summed E-state index contributed by atoms with van der Waals surface area (Å²) in [4.78, 5) is 13.6. The van der Waals surface area contributed by atoms with Gasteiger partial charge in [0.05, 0.1) is 6.33 Å². The highest BCUT2D eigenvalue weighted by Gasteiger charge is 2.26. The van der Waals surface area contributed by atoms with Crippen LogP contribution in [0, 0.1) is 17.5 Å². The van der Waals surface area contributed by atoms with Gasteiger partial charge in [-0.2, -0.15) is 0 Å². The first-order valence-electron chi connectivity index (χ1n) is 11.4. The smallest absolute Gasteiger partial charge is 0.194 e. The summed E-state index contributed by atoms with van der Waals surface area (Å²) in [6, 6.07) is 11.5. The predicted molar refractivity (Wildman–Crippen MR) is 126 cm³/mol. The second-order valence-electron chi connectivity index (χ2n) is 8.50. The molecule has 0 radical (unpaired) electrons. The minimum absolute atomic E-state index is 0.239. The van der Waals surface area contributed by atoms with Crippen LogP contribution >= 0.6 is 0 Å². The molecule has 0 saturated heterocycles. The lowest BCUT2D eigenvalue weighted by atomic mass is 10.0. The summed E-state index contributed by atoms with van der Waals surface area (Å²) in [5.74, 6) is -3.17. The molecule has 1 atom stereocenters. The maximum absolute atomic E-state index is 13.6. The lowest BCUT2D eigenvalue weighted by molar-refractivity contribution is 0.139. The zero-order chi connectivity index (χ0) is 24.4. The molecule has 0 fully saturated rings. The molecule has 3 heterocycles. The van der Waals surface area contributed by atoms with Crippen molar-refractivity contribution in [2.45, 2.75) is 25.5 Å². The maximum atomic E-state index is 13.6. The standard InChI is InChI=1S/C26H24F3N5O/c27-21-11-17(12-22(28)25(21)29)10-16-4-7-31-24(13-16)34-9-6-19-20(2-1-3-23(19)34)26(35)32-8-5-18-14-30-15-33-18/h1-4,7,11-15,26,32,35H,5-6,8-10H2,(H,30,33). The molecule has 1 aliphatic heterocycles. The molecule has 1 unspecified atom stereocenters. The average molecular weight is 480 g/mol. The van der Waals surface area contributed by atoms with E-state index in [-0.39, 0.29) is 6.42 Å². The number of hydrogen-bond acceptors (Lipinski definition) is 5. The monoisotopic (exact) mass is 479 g/mol. The van der Waals surface area contributed by atoms with E-state index in [0.29, 0.717) is 24.5 Å². The summed E-state index contributed by atoms with van der Waals surface area (Å²) in [6.45, 7) is 1.27. The van der Waals surface area contributed by atoms with Crippen LogP contribution in [0.15, 0.2) is 61.2 Å². The number of benzene rings is 2. The Balaban J connectivity index is 1.32. The van der Waals surface area contributed by atoms with Crippen LogP contribution in [0.2, 0.25) is 0 Å². The molecule has 9 heteroatoms. The molecule has 5 rings (SSSR count). The van der Waals surface area contributed by atoms with Gasteiger partial charge in [-0.3, -0.25) is 5.32 Å². The minimum atomic E-state index is -1.47. The van der Waals surface area contributed by atoms with Gasteiger partial charge in [0.25, 0.3) is 0 Å². The third-order valence-corrected chi connectivity index (χ3v) is 6.18. The van der Waals surface area contributed by atoms with E-state index in [4.69, 9.17) is 0 Å². The summed E-state index contributed by atoms with van der Waals surface area (Å²) in [5.41, 5.74) is 4.95. The number of rotatable bonds is 8. The highest BCUT2D eigenvalue weighted by atomic mass is 19.2. The second-order valence-corrected chi connectivity index (χ2v) is 8.50. The van der Waals surface area contributed by atoms with Gasteiger partial charge in [0, 0.05) is 48.8 Å². The van der Waals surface area contributed by atoms with Crippen molar-refractivity contribution in [1.29, 1.82) is 0 Å². The van der Waals surface area contributed by atoms with E-state index < -0.39 is 23.7 Å². The van der Waals surface area contributed by atoms with Gasteiger partial charge in [-0.15, -0.1) is 0 Å². The quantitative estimate of drug-likeness (QED) is 0.259. The molecule has 6 nitrogen and oxygen atoms in total. The van der Waals surface area contributed by atoms with Gasteiger partial charge in [0.1, 0.15) is 12.0 Å². The van der Waals surface area contributed by atoms with Crippen LogP contribution in [0.1, 0.15) is 34.2 Å². The SMILES string of the molecule is OC(NCCc1cnc[nH]1)c1cccc2c1CCN2c1cc(Cc2cc(F)c(F)c(F)c2)ccn1. The number of pyridine rings is 1. The first kappa shape index (κ1) is 23.1. The normalized spacial score (nSPS) is 13.8. The van der Waals surface area contributed by atoms with Crippen molar-refractivity contribution in [3.63, 3.8) is 0 Å². The molecule has 35 heavy (non-hydrogen) atoms. The molecule has 0 saturated carbocycles. The largest absolute Gasteiger partial charge is 0.374 e. The number of nitrogens with one attached hydrogen (secondary N) is 2. The molecule has 2 aromatic carbocycles. The van der Waals surface area contributed by atoms with Crippen LogP contribution in [0.3, 0.4) is 0 Å². The molecule has 0 aliphatic carbocycles. The zero-order valence-electron chi connectivity index (χ0n) is 18.8. The van der Waals surface area contributed by atoms with Gasteiger partial charge >= 0.3 is 0 Å². The molecule has 0 amide bonds. The van der Waals surface area contributed by atoms with E-state index in [9.17, 15) is 18.3 Å². The number of imidazole rings is 1. The van der Waals surface area contributed by atoms with Crippen LogP contribution in [0.4, 0.5) is 24.7 Å². The van der Waals surface area contributed by atoms with Crippen molar-refractivity contribution in [2.75, 3.05) is 18.0 Å². The van der Waals surface area contributed by atoms with Crippen LogP contribution in [-0.2, 0) is 19.3 Å². The number of anilines is 2. The molecule has 4 aromatic rings. The number of aromatic nitrogens is 3. The maximum Gasteiger partial charge on any atom is 0.194 e. The fourth-order valence-electron chi connectivity index (χ4n) is 4.49. The summed E-state index contributed by atoms with van der Waals surface area (Å²) in [7, 11) is 0. The lowest BCUT2D eigenvalue weighted by Crippen LogP contribution is -2.24. The average Bonchev–Trinajstić information content (AvgIpc) is 3.52. The van der Waals surface area contributed by atoms with E-state index >= 15 is 0 Å². The molecular formula is C26H24F3N5O. The molecule has 0 spiro atoms. The number of fused-ring (bicyclic) bond motifs is 1. The summed E-state index contributed by atoms with van der Waals surface area (Å²) in [6.07, 6.45) is 5.93. The summed E-state index contributed by atoms with van der Waals surface area (Å²) < 4.78 is 40.5. The van der Waals surface area contributed by atoms with Crippen LogP contribution in [0.25, 0.3) is 0 Å². The fraction of sp³-hybridized carbons (Fsp3) is 0.231. The Kier molecular flexibility index (Phi) is 6.52. The minimum Gasteiger partial charge on any atom is -0.374 e. The zero-order valence-corrected chi connectivity index (χ0v) is 18.8. The van der Waals surface area contributed by atoms with Crippen molar-refractivity contribution < 1.29 is 18.3 Å². The van der Waals surface area contributed by atoms with E-state index in [2.05, 4.69) is 25.2 Å². The van der Waals surface area contributed by atoms with E-state index in [0.717, 1.165) is 53.0 Å². The van der Waals surface area contributed by atoms with Gasteiger partial charge in [-0.05, 0) is 59.9 Å². The topological polar surface area (TPSA) is 77.1 Å². The van der Waals surface area contributed by atoms with E-state index in [1.807, 2.05) is 24.3 Å². The Morgan fingerprint density at radius 3 is 2.69 bits per heavy atom. The number of aromatic amines is 1. The van der Waals surface area contributed by atoms with Crippen molar-refractivity contribution in [1.82, 2.24) is 20.3 Å². The van der Waals surface area contributed by atoms with Gasteiger partial charge in [-0.1, -0.05) is 12.1 Å². The molecule has 180 valence electrons. The summed E-state index contributed by atoms with van der Waals surface area (Å²) >= 11 is 0. The second kappa shape index (κ2) is 9.89. The summed E-state index contributed by atoms with van der Waals surface area (Å²) in [5, 5.41) is 13.9. The lowest BCUT2D eigenvalue weighted by Gasteiger charge is -2.21. The Bertz CT molecular complexity index is 1310. The van der Waals surface area contributed by atoms with E-state index in [1.54, 1.807) is 24.8 Å². The van der Waals surface area contributed by atoms with Crippen LogP contribution in [0.5, 0.6) is 0 Å². The van der Waals surface area contributed by atoms with Crippen molar-refractivity contribution in [3.8, 4) is 0 Å². The highest BCUT2D eigenvalue weighted by molar-refractivity contribution is 5.69. The molecule has 0 bridgehead atoms. The Morgan fingerprint density at radius 1 is 1.09 bits per heavy atom. The Morgan fingerprint density at radius 2 is 1.91 bits per heavy atom. The van der Waals surface area contributed by atoms with Crippen molar-refractivity contribution >= 4 is 11.5 Å². The van der Waals surface area contributed by atoms with Gasteiger partial charge < -0.3 is 15.0 Å². The molecule has 1 aliphatic rings. The number of halogens is 3. The van der Waals surface area contributed by atoms with E-state index in [1.165, 1.54) is 0 Å². The molecule has 3 N–H and O–H groups in total. The van der Waals surface area contributed by atoms with Crippen LogP contribution in [-0.4, -0.2) is 33.1 Å². The number of H-pyrrole nitrogens is 1. The Labute approximate surface area is 200 Å². The molecular weight excluding hydrogens is 455 g/mol. The third kappa shape index (κ3) is 4.91.